The Hall–Kier alpha value is -4.69. The average molecular weight is 564 g/mol. The normalized spacial score (nSPS) is 14.5. The van der Waals surface area contributed by atoms with E-state index in [4.69, 9.17) is 14.2 Å². The molecule has 1 saturated heterocycles. The second-order valence-corrected chi connectivity index (χ2v) is 10.7. The zero-order chi connectivity index (χ0) is 28.9. The number of ether oxygens (including phenoxy) is 3. The van der Waals surface area contributed by atoms with Crippen molar-refractivity contribution in [2.24, 2.45) is 0 Å². The molecule has 1 amide bonds. The second-order valence-electron chi connectivity index (χ2n) is 10.7. The summed E-state index contributed by atoms with van der Waals surface area (Å²) in [7, 11) is 0. The van der Waals surface area contributed by atoms with Crippen molar-refractivity contribution in [2.75, 3.05) is 33.0 Å². The topological polar surface area (TPSA) is 81.2 Å². The molecular weight excluding hydrogens is 530 g/mol. The first-order chi connectivity index (χ1) is 20.5. The molecule has 1 fully saturated rings. The third-order valence-electron chi connectivity index (χ3n) is 7.65. The molecule has 42 heavy (non-hydrogen) atoms. The Bertz CT molecular complexity index is 1540. The van der Waals surface area contributed by atoms with Gasteiger partial charge in [0.15, 0.2) is 17.3 Å². The summed E-state index contributed by atoms with van der Waals surface area (Å²) >= 11 is 0. The van der Waals surface area contributed by atoms with Crippen LogP contribution < -0.4 is 14.2 Å². The van der Waals surface area contributed by atoms with E-state index >= 15 is 0 Å². The first-order valence-electron chi connectivity index (χ1n) is 14.2. The van der Waals surface area contributed by atoms with Crippen LogP contribution in [-0.4, -0.2) is 59.4 Å². The van der Waals surface area contributed by atoms with Gasteiger partial charge in [0.1, 0.15) is 5.75 Å². The van der Waals surface area contributed by atoms with Crippen LogP contribution in [-0.2, 0) is 17.8 Å². The highest BCUT2D eigenvalue weighted by Gasteiger charge is 2.22. The van der Waals surface area contributed by atoms with Crippen molar-refractivity contribution < 1.29 is 23.8 Å². The molecule has 6 rings (SSSR count). The van der Waals surface area contributed by atoms with Crippen LogP contribution in [0.4, 0.5) is 0 Å². The van der Waals surface area contributed by atoms with Crippen molar-refractivity contribution in [2.45, 2.75) is 26.3 Å². The maximum atomic E-state index is 12.9. The van der Waals surface area contributed by atoms with Crippen molar-refractivity contribution in [3.05, 3.63) is 113 Å². The molecule has 2 aliphatic heterocycles. The van der Waals surface area contributed by atoms with E-state index in [0.717, 1.165) is 55.3 Å². The van der Waals surface area contributed by atoms with Crippen LogP contribution in [0.15, 0.2) is 85.1 Å². The molecule has 3 heterocycles. The Morgan fingerprint density at radius 3 is 2.26 bits per heavy atom. The number of rotatable bonds is 9. The van der Waals surface area contributed by atoms with Crippen LogP contribution in [0.25, 0.3) is 0 Å². The van der Waals surface area contributed by atoms with Crippen molar-refractivity contribution >= 4 is 11.7 Å². The van der Waals surface area contributed by atoms with E-state index in [1.807, 2.05) is 72.5 Å². The molecule has 0 radical (unpaired) electrons. The summed E-state index contributed by atoms with van der Waals surface area (Å²) in [5, 5.41) is 0. The number of aromatic nitrogens is 1. The molecule has 0 bridgehead atoms. The molecule has 8 heteroatoms. The molecule has 0 spiro atoms. The predicted molar refractivity (Wildman–Crippen MR) is 158 cm³/mol. The molecule has 0 N–H and O–H groups in total. The number of amides is 1. The number of hydrogen-bond acceptors (Lipinski definition) is 7. The zero-order valence-electron chi connectivity index (χ0n) is 23.6. The molecule has 0 aliphatic carbocycles. The Kier molecular flexibility index (Phi) is 8.14. The summed E-state index contributed by atoms with van der Waals surface area (Å²) in [6.07, 6.45) is 2.68. The molecule has 3 aromatic carbocycles. The minimum Gasteiger partial charge on any atom is -0.454 e. The van der Waals surface area contributed by atoms with Gasteiger partial charge in [-0.25, -0.2) is 4.98 Å². The van der Waals surface area contributed by atoms with Gasteiger partial charge in [-0.3, -0.25) is 14.5 Å². The highest BCUT2D eigenvalue weighted by atomic mass is 16.7. The van der Waals surface area contributed by atoms with Gasteiger partial charge >= 0.3 is 0 Å². The molecule has 1 aromatic heterocycles. The number of carbonyl (C=O) groups excluding carboxylic acids is 2. The summed E-state index contributed by atoms with van der Waals surface area (Å²) in [6.45, 7) is 6.27. The lowest BCUT2D eigenvalue weighted by Gasteiger charge is -2.34. The van der Waals surface area contributed by atoms with Crippen molar-refractivity contribution in [1.29, 1.82) is 0 Å². The van der Waals surface area contributed by atoms with Crippen LogP contribution in [0.2, 0.25) is 0 Å². The standard InChI is InChI=1S/C34H33N3O5/c1-24-2-8-27(9-3-24)34(39)28-10-14-32(35-21-28)42-29-11-4-25(5-12-29)7-15-33(38)37-18-16-36(17-19-37)22-26-6-13-30-31(20-26)41-23-40-30/h2-6,8-14,20-21H,7,15-19,22-23H2,1H3. The second kappa shape index (κ2) is 12.4. The van der Waals surface area contributed by atoms with E-state index in [0.29, 0.717) is 35.6 Å². The number of benzene rings is 3. The number of aryl methyl sites for hydroxylation is 2. The van der Waals surface area contributed by atoms with E-state index in [1.54, 1.807) is 12.1 Å². The molecule has 0 saturated carbocycles. The zero-order valence-corrected chi connectivity index (χ0v) is 23.6. The average Bonchev–Trinajstić information content (AvgIpc) is 3.49. The fourth-order valence-electron chi connectivity index (χ4n) is 5.15. The number of hydrogen-bond donors (Lipinski definition) is 0. The van der Waals surface area contributed by atoms with Gasteiger partial charge in [0.25, 0.3) is 0 Å². The van der Waals surface area contributed by atoms with E-state index in [9.17, 15) is 9.59 Å². The summed E-state index contributed by atoms with van der Waals surface area (Å²) in [5.41, 5.74) is 4.51. The van der Waals surface area contributed by atoms with Crippen LogP contribution in [0, 0.1) is 6.92 Å². The van der Waals surface area contributed by atoms with E-state index in [1.165, 1.54) is 11.8 Å². The van der Waals surface area contributed by atoms with Crippen molar-refractivity contribution in [1.82, 2.24) is 14.8 Å². The lowest BCUT2D eigenvalue weighted by Crippen LogP contribution is -2.48. The van der Waals surface area contributed by atoms with E-state index in [-0.39, 0.29) is 18.5 Å². The molecule has 0 unspecified atom stereocenters. The van der Waals surface area contributed by atoms with Gasteiger partial charge in [-0.2, -0.15) is 0 Å². The molecule has 0 atom stereocenters. The van der Waals surface area contributed by atoms with E-state index < -0.39 is 0 Å². The lowest BCUT2D eigenvalue weighted by atomic mass is 10.0. The maximum Gasteiger partial charge on any atom is 0.231 e. The van der Waals surface area contributed by atoms with Crippen molar-refractivity contribution in [3.8, 4) is 23.1 Å². The largest absolute Gasteiger partial charge is 0.454 e. The summed E-state index contributed by atoms with van der Waals surface area (Å²) < 4.78 is 16.8. The van der Waals surface area contributed by atoms with E-state index in [2.05, 4.69) is 16.0 Å². The molecular formula is C34H33N3O5. The first-order valence-corrected chi connectivity index (χ1v) is 14.2. The minimum atomic E-state index is -0.0731. The van der Waals surface area contributed by atoms with Gasteiger partial charge in [0.2, 0.25) is 18.6 Å². The molecule has 4 aromatic rings. The highest BCUT2D eigenvalue weighted by molar-refractivity contribution is 6.08. The van der Waals surface area contributed by atoms with Crippen LogP contribution in [0.3, 0.4) is 0 Å². The number of pyridine rings is 1. The molecule has 8 nitrogen and oxygen atoms in total. The van der Waals surface area contributed by atoms with Gasteiger partial charge in [0.05, 0.1) is 0 Å². The smallest absolute Gasteiger partial charge is 0.231 e. The number of fused-ring (bicyclic) bond motifs is 1. The summed E-state index contributed by atoms with van der Waals surface area (Å²) in [5.74, 6) is 2.77. The number of ketones is 1. The van der Waals surface area contributed by atoms with Gasteiger partial charge in [0, 0.05) is 62.5 Å². The van der Waals surface area contributed by atoms with Gasteiger partial charge in [-0.15, -0.1) is 0 Å². The Morgan fingerprint density at radius 2 is 1.52 bits per heavy atom. The number of piperazine rings is 1. The van der Waals surface area contributed by atoms with Crippen LogP contribution in [0.1, 0.15) is 39.0 Å². The first kappa shape index (κ1) is 27.5. The highest BCUT2D eigenvalue weighted by Crippen LogP contribution is 2.33. The van der Waals surface area contributed by atoms with Crippen molar-refractivity contribution in [3.63, 3.8) is 0 Å². The fourth-order valence-corrected chi connectivity index (χ4v) is 5.15. The predicted octanol–water partition coefficient (Wildman–Crippen LogP) is 5.42. The van der Waals surface area contributed by atoms with Crippen LogP contribution >= 0.6 is 0 Å². The number of carbonyl (C=O) groups is 2. The fraction of sp³-hybridized carbons (Fsp3) is 0.265. The third-order valence-corrected chi connectivity index (χ3v) is 7.65. The maximum absolute atomic E-state index is 12.9. The Labute approximate surface area is 245 Å². The monoisotopic (exact) mass is 563 g/mol. The quantitative estimate of drug-likeness (QED) is 0.252. The molecule has 2 aliphatic rings. The minimum absolute atomic E-state index is 0.0731. The SMILES string of the molecule is Cc1ccc(C(=O)c2ccc(Oc3ccc(CCC(=O)N4CCN(Cc5ccc6c(c5)OCO6)CC4)cc3)nc2)cc1. The van der Waals surface area contributed by atoms with Gasteiger partial charge in [-0.1, -0.05) is 48.0 Å². The third kappa shape index (κ3) is 6.61. The lowest BCUT2D eigenvalue weighted by molar-refractivity contribution is -0.133. The molecule has 214 valence electrons. The van der Waals surface area contributed by atoms with Gasteiger partial charge in [-0.05, 0) is 54.8 Å². The Balaban J connectivity index is 0.939. The van der Waals surface area contributed by atoms with Crippen LogP contribution in [0.5, 0.6) is 23.1 Å². The summed E-state index contributed by atoms with van der Waals surface area (Å²) in [4.78, 5) is 34.2. The summed E-state index contributed by atoms with van der Waals surface area (Å²) in [6, 6.07) is 24.7. The van der Waals surface area contributed by atoms with Gasteiger partial charge < -0.3 is 19.1 Å². The number of nitrogens with zero attached hydrogens (tertiary/aromatic N) is 3. The Morgan fingerprint density at radius 1 is 0.810 bits per heavy atom.